The number of aromatic nitrogens is 4. The fraction of sp³-hybridized carbons (Fsp3) is 0.412. The van der Waals surface area contributed by atoms with Crippen molar-refractivity contribution in [3.8, 4) is 11.5 Å². The van der Waals surface area contributed by atoms with Crippen molar-refractivity contribution in [2.75, 3.05) is 0 Å². The van der Waals surface area contributed by atoms with Crippen LogP contribution in [0.25, 0.3) is 22.5 Å². The number of hydrogen-bond acceptors (Lipinski definition) is 5. The van der Waals surface area contributed by atoms with E-state index in [0.29, 0.717) is 28.7 Å². The standard InChI is InChI=1S/C17H17FN4O/c1-10-3-2-4-11(7-10)16-21-17(23-22-16)12-8-14-15(9-13(12)18)20-6-5-19-14/h5-6,8-11H,2-4,7H2,1H3. The van der Waals surface area contributed by atoms with E-state index in [0.717, 1.165) is 12.8 Å². The Kier molecular flexibility index (Phi) is 3.52. The van der Waals surface area contributed by atoms with Gasteiger partial charge in [0.15, 0.2) is 5.82 Å². The maximum atomic E-state index is 14.3. The first kappa shape index (κ1) is 14.2. The molecule has 1 fully saturated rings. The number of halogens is 1. The summed E-state index contributed by atoms with van der Waals surface area (Å²) in [6, 6.07) is 2.96. The Labute approximate surface area is 133 Å². The first-order valence-corrected chi connectivity index (χ1v) is 7.95. The highest BCUT2D eigenvalue weighted by Crippen LogP contribution is 2.35. The summed E-state index contributed by atoms with van der Waals surface area (Å²) in [4.78, 5) is 12.7. The van der Waals surface area contributed by atoms with Gasteiger partial charge in [0.25, 0.3) is 5.89 Å². The average molecular weight is 312 g/mol. The number of nitrogens with zero attached hydrogens (tertiary/aromatic N) is 4. The van der Waals surface area contributed by atoms with Gasteiger partial charge in [-0.3, -0.25) is 9.97 Å². The van der Waals surface area contributed by atoms with Crippen molar-refractivity contribution in [1.29, 1.82) is 0 Å². The third-order valence-corrected chi connectivity index (χ3v) is 4.53. The molecule has 2 aromatic heterocycles. The highest BCUT2D eigenvalue weighted by molar-refractivity contribution is 5.79. The summed E-state index contributed by atoms with van der Waals surface area (Å²) in [5, 5.41) is 4.08. The van der Waals surface area contributed by atoms with E-state index < -0.39 is 5.82 Å². The fourth-order valence-corrected chi connectivity index (χ4v) is 3.33. The third kappa shape index (κ3) is 2.69. The molecule has 0 bridgehead atoms. The number of rotatable bonds is 2. The molecule has 6 heteroatoms. The molecule has 2 unspecified atom stereocenters. The molecule has 3 aromatic rings. The molecule has 2 atom stereocenters. The second-order valence-electron chi connectivity index (χ2n) is 6.30. The lowest BCUT2D eigenvalue weighted by atomic mass is 9.82. The number of benzene rings is 1. The molecule has 1 aromatic carbocycles. The molecule has 0 spiro atoms. The highest BCUT2D eigenvalue weighted by Gasteiger charge is 2.25. The largest absolute Gasteiger partial charge is 0.334 e. The summed E-state index contributed by atoms with van der Waals surface area (Å²) >= 11 is 0. The number of hydrogen-bond donors (Lipinski definition) is 0. The van der Waals surface area contributed by atoms with Crippen LogP contribution in [-0.2, 0) is 0 Å². The summed E-state index contributed by atoms with van der Waals surface area (Å²) in [6.07, 6.45) is 7.66. The smallest absolute Gasteiger partial charge is 0.260 e. The molecule has 0 N–H and O–H groups in total. The second-order valence-corrected chi connectivity index (χ2v) is 6.30. The Morgan fingerprint density at radius 1 is 1.13 bits per heavy atom. The van der Waals surface area contributed by atoms with Crippen LogP contribution in [-0.4, -0.2) is 20.1 Å². The van der Waals surface area contributed by atoms with E-state index in [4.69, 9.17) is 4.52 Å². The van der Waals surface area contributed by atoms with E-state index in [1.54, 1.807) is 12.3 Å². The second kappa shape index (κ2) is 5.68. The van der Waals surface area contributed by atoms with Gasteiger partial charge >= 0.3 is 0 Å². The van der Waals surface area contributed by atoms with Crippen LogP contribution >= 0.6 is 0 Å². The van der Waals surface area contributed by atoms with Gasteiger partial charge < -0.3 is 4.52 Å². The third-order valence-electron chi connectivity index (χ3n) is 4.53. The van der Waals surface area contributed by atoms with Gasteiger partial charge in [-0.05, 0) is 24.8 Å². The summed E-state index contributed by atoms with van der Waals surface area (Å²) in [6.45, 7) is 2.24. The Bertz CT molecular complexity index is 847. The summed E-state index contributed by atoms with van der Waals surface area (Å²) in [5.74, 6) is 1.45. The molecule has 0 amide bonds. The van der Waals surface area contributed by atoms with E-state index in [1.807, 2.05) is 0 Å². The van der Waals surface area contributed by atoms with Gasteiger partial charge in [0, 0.05) is 24.4 Å². The highest BCUT2D eigenvalue weighted by atomic mass is 19.1. The first-order chi connectivity index (χ1) is 11.2. The molecule has 1 aliphatic rings. The fourth-order valence-electron chi connectivity index (χ4n) is 3.33. The van der Waals surface area contributed by atoms with Crippen molar-refractivity contribution in [2.45, 2.75) is 38.5 Å². The van der Waals surface area contributed by atoms with Crippen molar-refractivity contribution in [1.82, 2.24) is 20.1 Å². The Morgan fingerprint density at radius 3 is 2.70 bits per heavy atom. The monoisotopic (exact) mass is 312 g/mol. The molecule has 23 heavy (non-hydrogen) atoms. The van der Waals surface area contributed by atoms with Crippen LogP contribution in [0.2, 0.25) is 0 Å². The van der Waals surface area contributed by atoms with Crippen LogP contribution in [0.5, 0.6) is 0 Å². The van der Waals surface area contributed by atoms with Crippen LogP contribution in [0.4, 0.5) is 4.39 Å². The Hall–Kier alpha value is -2.37. The van der Waals surface area contributed by atoms with Crippen LogP contribution in [0, 0.1) is 11.7 Å². The Morgan fingerprint density at radius 2 is 1.91 bits per heavy atom. The van der Waals surface area contributed by atoms with Crippen LogP contribution in [0.3, 0.4) is 0 Å². The lowest BCUT2D eigenvalue weighted by molar-refractivity contribution is 0.324. The molecule has 0 aliphatic heterocycles. The SMILES string of the molecule is CC1CCCC(c2noc(-c3cc4nccnc4cc3F)n2)C1. The zero-order valence-corrected chi connectivity index (χ0v) is 12.9. The van der Waals surface area contributed by atoms with Gasteiger partial charge in [-0.1, -0.05) is 24.9 Å². The van der Waals surface area contributed by atoms with E-state index in [2.05, 4.69) is 27.0 Å². The molecule has 1 aliphatic carbocycles. The first-order valence-electron chi connectivity index (χ1n) is 7.95. The van der Waals surface area contributed by atoms with Crippen molar-refractivity contribution in [3.05, 3.63) is 36.2 Å². The average Bonchev–Trinajstić information content (AvgIpc) is 3.04. The van der Waals surface area contributed by atoms with E-state index in [-0.39, 0.29) is 11.5 Å². The lowest BCUT2D eigenvalue weighted by Crippen LogP contribution is -2.12. The van der Waals surface area contributed by atoms with Crippen LogP contribution in [0.1, 0.15) is 44.3 Å². The van der Waals surface area contributed by atoms with Gasteiger partial charge in [0.05, 0.1) is 16.6 Å². The number of fused-ring (bicyclic) bond motifs is 1. The molecule has 0 saturated heterocycles. The van der Waals surface area contributed by atoms with Crippen molar-refractivity contribution in [2.24, 2.45) is 5.92 Å². The molecule has 5 nitrogen and oxygen atoms in total. The minimum absolute atomic E-state index is 0.211. The predicted molar refractivity (Wildman–Crippen MR) is 83.2 cm³/mol. The van der Waals surface area contributed by atoms with E-state index >= 15 is 0 Å². The quantitative estimate of drug-likeness (QED) is 0.712. The van der Waals surface area contributed by atoms with E-state index in [9.17, 15) is 4.39 Å². The zero-order valence-electron chi connectivity index (χ0n) is 12.9. The molecule has 118 valence electrons. The molecular weight excluding hydrogens is 295 g/mol. The topological polar surface area (TPSA) is 64.7 Å². The van der Waals surface area contributed by atoms with Crippen molar-refractivity contribution < 1.29 is 8.91 Å². The van der Waals surface area contributed by atoms with Gasteiger partial charge in [-0.15, -0.1) is 0 Å². The molecule has 0 radical (unpaired) electrons. The van der Waals surface area contributed by atoms with Gasteiger partial charge in [-0.2, -0.15) is 4.98 Å². The van der Waals surface area contributed by atoms with Crippen molar-refractivity contribution >= 4 is 11.0 Å². The van der Waals surface area contributed by atoms with Crippen LogP contribution < -0.4 is 0 Å². The van der Waals surface area contributed by atoms with Crippen molar-refractivity contribution in [3.63, 3.8) is 0 Å². The van der Waals surface area contributed by atoms with E-state index in [1.165, 1.54) is 25.1 Å². The normalized spacial score (nSPS) is 21.7. The Balaban J connectivity index is 1.70. The maximum absolute atomic E-state index is 14.3. The zero-order chi connectivity index (χ0) is 15.8. The minimum Gasteiger partial charge on any atom is -0.334 e. The molecule has 1 saturated carbocycles. The molecule has 4 rings (SSSR count). The maximum Gasteiger partial charge on any atom is 0.260 e. The minimum atomic E-state index is -0.426. The predicted octanol–water partition coefficient (Wildman–Crippen LogP) is 4.11. The van der Waals surface area contributed by atoms with Gasteiger partial charge in [0.1, 0.15) is 5.82 Å². The molecular formula is C17H17FN4O. The summed E-state index contributed by atoms with van der Waals surface area (Å²) in [5.41, 5.74) is 1.39. The summed E-state index contributed by atoms with van der Waals surface area (Å²) in [7, 11) is 0. The summed E-state index contributed by atoms with van der Waals surface area (Å²) < 4.78 is 19.6. The lowest BCUT2D eigenvalue weighted by Gasteiger charge is -2.23. The van der Waals surface area contributed by atoms with Crippen LogP contribution in [0.15, 0.2) is 29.0 Å². The van der Waals surface area contributed by atoms with Gasteiger partial charge in [0.2, 0.25) is 0 Å². The van der Waals surface area contributed by atoms with Gasteiger partial charge in [-0.25, -0.2) is 4.39 Å². The molecule has 2 heterocycles.